The average Bonchev–Trinajstić information content (AvgIpc) is 2.86. The molecule has 4 rings (SSSR count). The Morgan fingerprint density at radius 3 is 1.13 bits per heavy atom. The van der Waals surface area contributed by atoms with Gasteiger partial charge in [0.15, 0.2) is 0 Å². The van der Waals surface area contributed by atoms with Crippen LogP contribution < -0.4 is 10.6 Å². The Labute approximate surface area is 185 Å². The monoisotopic (exact) mass is 425 g/mol. The fraction of sp³-hybridized carbons (Fsp3) is 0.143. The maximum atomic E-state index is 15.3. The van der Waals surface area contributed by atoms with E-state index in [0.717, 1.165) is 21.7 Å². The molecule has 0 spiro atoms. The molecular formula is C28H28NOP. The van der Waals surface area contributed by atoms with Gasteiger partial charge in [-0.1, -0.05) is 97.1 Å². The average molecular weight is 426 g/mol. The first-order chi connectivity index (χ1) is 15.1. The highest BCUT2D eigenvalue weighted by Crippen LogP contribution is 2.56. The van der Waals surface area contributed by atoms with Crippen molar-refractivity contribution in [3.63, 3.8) is 0 Å². The summed E-state index contributed by atoms with van der Waals surface area (Å²) in [6, 6.07) is 40.5. The van der Waals surface area contributed by atoms with Gasteiger partial charge in [-0.25, -0.2) is 4.67 Å². The van der Waals surface area contributed by atoms with E-state index in [-0.39, 0.29) is 12.1 Å². The van der Waals surface area contributed by atoms with Gasteiger partial charge in [-0.05, 0) is 49.2 Å². The van der Waals surface area contributed by atoms with E-state index < -0.39 is 7.29 Å². The smallest absolute Gasteiger partial charge is 0.208 e. The van der Waals surface area contributed by atoms with Crippen molar-refractivity contribution >= 4 is 17.9 Å². The minimum atomic E-state index is -3.14. The summed E-state index contributed by atoms with van der Waals surface area (Å²) in [5.41, 5.74) is 2.30. The SMILES string of the molecule is C[C@H](c1ccccc1)N([C@@H](C)c1ccccc1)P(=O)(c1ccccc1)c1ccccc1. The van der Waals surface area contributed by atoms with Crippen molar-refractivity contribution < 1.29 is 4.57 Å². The molecule has 4 aromatic carbocycles. The van der Waals surface area contributed by atoms with Crippen molar-refractivity contribution in [2.75, 3.05) is 0 Å². The second-order valence-electron chi connectivity index (χ2n) is 7.80. The van der Waals surface area contributed by atoms with Crippen molar-refractivity contribution in [2.45, 2.75) is 25.9 Å². The zero-order chi connectivity index (χ0) is 21.7. The van der Waals surface area contributed by atoms with Gasteiger partial charge in [-0.15, -0.1) is 0 Å². The van der Waals surface area contributed by atoms with E-state index in [1.807, 2.05) is 97.1 Å². The number of hydrogen-bond acceptors (Lipinski definition) is 1. The summed E-state index contributed by atoms with van der Waals surface area (Å²) in [4.78, 5) is 0. The molecule has 0 aliphatic rings. The minimum Gasteiger partial charge on any atom is -0.296 e. The molecule has 0 aliphatic carbocycles. The Hall–Kier alpha value is -2.93. The lowest BCUT2D eigenvalue weighted by Crippen LogP contribution is -2.36. The molecule has 3 heteroatoms. The predicted molar refractivity (Wildman–Crippen MR) is 131 cm³/mol. The lowest BCUT2D eigenvalue weighted by Gasteiger charge is -2.41. The third kappa shape index (κ3) is 4.28. The molecule has 0 radical (unpaired) electrons. The van der Waals surface area contributed by atoms with Gasteiger partial charge in [0, 0.05) is 22.7 Å². The molecule has 0 aliphatic heterocycles. The van der Waals surface area contributed by atoms with E-state index in [0.29, 0.717) is 0 Å². The Balaban J connectivity index is 1.96. The first-order valence-corrected chi connectivity index (χ1v) is 12.4. The van der Waals surface area contributed by atoms with Crippen LogP contribution in [0.2, 0.25) is 0 Å². The van der Waals surface area contributed by atoms with Crippen molar-refractivity contribution in [3.8, 4) is 0 Å². The van der Waals surface area contributed by atoms with Crippen molar-refractivity contribution in [1.29, 1.82) is 0 Å². The van der Waals surface area contributed by atoms with Gasteiger partial charge in [0.05, 0.1) is 0 Å². The molecule has 0 fully saturated rings. The number of nitrogens with zero attached hydrogens (tertiary/aromatic N) is 1. The van der Waals surface area contributed by atoms with Crippen LogP contribution >= 0.6 is 7.29 Å². The largest absolute Gasteiger partial charge is 0.296 e. The van der Waals surface area contributed by atoms with Gasteiger partial charge in [0.2, 0.25) is 7.29 Å². The van der Waals surface area contributed by atoms with Crippen LogP contribution in [-0.4, -0.2) is 4.67 Å². The van der Waals surface area contributed by atoms with Crippen LogP contribution in [-0.2, 0) is 4.57 Å². The molecule has 0 saturated carbocycles. The lowest BCUT2D eigenvalue weighted by atomic mass is 10.0. The molecule has 0 bridgehead atoms. The molecule has 0 amide bonds. The van der Waals surface area contributed by atoms with Gasteiger partial charge in [0.1, 0.15) is 0 Å². The molecule has 0 N–H and O–H groups in total. The maximum Gasteiger partial charge on any atom is 0.208 e. The van der Waals surface area contributed by atoms with Gasteiger partial charge < -0.3 is 0 Å². The van der Waals surface area contributed by atoms with Crippen molar-refractivity contribution in [2.24, 2.45) is 0 Å². The second-order valence-corrected chi connectivity index (χ2v) is 10.4. The standard InChI is InChI=1S/C28H28NOP/c1-23(25-15-7-3-8-16-25)29(24(2)26-17-9-4-10-18-26)31(30,27-19-11-5-12-20-27)28-21-13-6-14-22-28/h3-24H,1-2H3/t23-,24+. The van der Waals surface area contributed by atoms with Gasteiger partial charge in [-0.3, -0.25) is 4.57 Å². The molecule has 156 valence electrons. The Morgan fingerprint density at radius 1 is 0.516 bits per heavy atom. The molecule has 0 aromatic heterocycles. The summed E-state index contributed by atoms with van der Waals surface area (Å²) in [5, 5.41) is 1.71. The number of rotatable bonds is 7. The molecule has 0 saturated heterocycles. The Kier molecular flexibility index (Phi) is 6.51. The van der Waals surface area contributed by atoms with E-state index in [1.165, 1.54) is 0 Å². The molecule has 0 heterocycles. The van der Waals surface area contributed by atoms with Crippen molar-refractivity contribution in [1.82, 2.24) is 4.67 Å². The topological polar surface area (TPSA) is 20.3 Å². The molecule has 2 nitrogen and oxygen atoms in total. The van der Waals surface area contributed by atoms with Crippen LogP contribution in [0, 0.1) is 0 Å². The lowest BCUT2D eigenvalue weighted by molar-refractivity contribution is 0.285. The summed E-state index contributed by atoms with van der Waals surface area (Å²) >= 11 is 0. The quantitative estimate of drug-likeness (QED) is 0.306. The first-order valence-electron chi connectivity index (χ1n) is 10.7. The zero-order valence-electron chi connectivity index (χ0n) is 18.0. The van der Waals surface area contributed by atoms with E-state index in [2.05, 4.69) is 42.8 Å². The normalized spacial score (nSPS) is 13.6. The zero-order valence-corrected chi connectivity index (χ0v) is 18.9. The van der Waals surface area contributed by atoms with Crippen LogP contribution in [0.15, 0.2) is 121 Å². The highest BCUT2D eigenvalue weighted by atomic mass is 31.2. The Morgan fingerprint density at radius 2 is 0.806 bits per heavy atom. The van der Waals surface area contributed by atoms with Crippen molar-refractivity contribution in [3.05, 3.63) is 132 Å². The molecule has 0 unspecified atom stereocenters. The van der Waals surface area contributed by atoms with Crippen LogP contribution in [0.4, 0.5) is 0 Å². The third-order valence-electron chi connectivity index (χ3n) is 5.90. The molecule has 2 atom stereocenters. The molecular weight excluding hydrogens is 397 g/mol. The highest BCUT2D eigenvalue weighted by Gasteiger charge is 2.41. The molecule has 31 heavy (non-hydrogen) atoms. The fourth-order valence-electron chi connectivity index (χ4n) is 4.27. The fourth-order valence-corrected chi connectivity index (χ4v) is 7.49. The van der Waals surface area contributed by atoms with Crippen LogP contribution in [0.5, 0.6) is 0 Å². The summed E-state index contributed by atoms with van der Waals surface area (Å²) in [6.45, 7) is 4.32. The summed E-state index contributed by atoms with van der Waals surface area (Å²) in [5.74, 6) is 0. The van der Waals surface area contributed by atoms with Crippen LogP contribution in [0.25, 0.3) is 0 Å². The Bertz CT molecular complexity index is 1040. The first kappa shape index (κ1) is 21.3. The minimum absolute atomic E-state index is 0.0531. The number of benzene rings is 4. The second kappa shape index (κ2) is 9.47. The number of hydrogen-bond donors (Lipinski definition) is 0. The van der Waals surface area contributed by atoms with Gasteiger partial charge in [0.25, 0.3) is 0 Å². The predicted octanol–water partition coefficient (Wildman–Crippen LogP) is 6.74. The van der Waals surface area contributed by atoms with Gasteiger partial charge in [-0.2, -0.15) is 0 Å². The van der Waals surface area contributed by atoms with Gasteiger partial charge >= 0.3 is 0 Å². The third-order valence-corrected chi connectivity index (χ3v) is 9.23. The van der Waals surface area contributed by atoms with Crippen LogP contribution in [0.1, 0.15) is 37.1 Å². The summed E-state index contributed by atoms with van der Waals surface area (Å²) < 4.78 is 17.5. The van der Waals surface area contributed by atoms with E-state index in [4.69, 9.17) is 0 Å². The van der Waals surface area contributed by atoms with Crippen LogP contribution in [0.3, 0.4) is 0 Å². The summed E-state index contributed by atoms with van der Waals surface area (Å²) in [7, 11) is -3.14. The van der Waals surface area contributed by atoms with E-state index >= 15 is 4.57 Å². The molecule has 4 aromatic rings. The highest BCUT2D eigenvalue weighted by molar-refractivity contribution is 7.76. The van der Waals surface area contributed by atoms with E-state index in [1.54, 1.807) is 0 Å². The summed E-state index contributed by atoms with van der Waals surface area (Å²) in [6.07, 6.45) is 0. The van der Waals surface area contributed by atoms with E-state index in [9.17, 15) is 0 Å². The maximum absolute atomic E-state index is 15.3.